The molecule has 0 radical (unpaired) electrons. The highest BCUT2D eigenvalue weighted by atomic mass is 35.5. The van der Waals surface area contributed by atoms with E-state index in [0.29, 0.717) is 15.9 Å². The Morgan fingerprint density at radius 3 is 2.57 bits per heavy atom. The van der Waals surface area contributed by atoms with Crippen molar-refractivity contribution in [2.75, 3.05) is 5.32 Å². The second-order valence-corrected chi connectivity index (χ2v) is 5.48. The summed E-state index contributed by atoms with van der Waals surface area (Å²) in [5.41, 5.74) is 2.71. The van der Waals surface area contributed by atoms with Gasteiger partial charge >= 0.3 is 0 Å². The quantitative estimate of drug-likeness (QED) is 0.836. The number of aromatic nitrogens is 1. The predicted molar refractivity (Wildman–Crippen MR) is 87.8 cm³/mol. The SMILES string of the molecule is Cc1cc(C)nc(NC(=O)/C=C/c2ccc(Cl)c(Cl)c2)c1. The van der Waals surface area contributed by atoms with Gasteiger partial charge in [-0.2, -0.15) is 0 Å². The lowest BCUT2D eigenvalue weighted by Gasteiger charge is -2.04. The van der Waals surface area contributed by atoms with Gasteiger partial charge in [-0.1, -0.05) is 29.3 Å². The molecular weight excluding hydrogens is 307 g/mol. The first-order valence-corrected chi connectivity index (χ1v) is 7.09. The van der Waals surface area contributed by atoms with Crippen LogP contribution in [0, 0.1) is 13.8 Å². The summed E-state index contributed by atoms with van der Waals surface area (Å²) in [6.07, 6.45) is 3.10. The van der Waals surface area contributed by atoms with Crippen molar-refractivity contribution >= 4 is 41.0 Å². The van der Waals surface area contributed by atoms with E-state index in [1.807, 2.05) is 26.0 Å². The molecule has 0 aliphatic heterocycles. The van der Waals surface area contributed by atoms with Crippen LogP contribution in [0.25, 0.3) is 6.08 Å². The van der Waals surface area contributed by atoms with Crippen LogP contribution in [0.5, 0.6) is 0 Å². The van der Waals surface area contributed by atoms with Crippen LogP contribution in [0.1, 0.15) is 16.8 Å². The second-order valence-electron chi connectivity index (χ2n) is 4.67. The number of amides is 1. The highest BCUT2D eigenvalue weighted by molar-refractivity contribution is 6.42. The first-order valence-electron chi connectivity index (χ1n) is 6.33. The van der Waals surface area contributed by atoms with Crippen LogP contribution in [0.3, 0.4) is 0 Å². The van der Waals surface area contributed by atoms with Crippen molar-refractivity contribution in [2.24, 2.45) is 0 Å². The molecule has 0 aliphatic carbocycles. The smallest absolute Gasteiger partial charge is 0.249 e. The predicted octanol–water partition coefficient (Wildman–Crippen LogP) is 4.66. The number of benzene rings is 1. The molecule has 0 bridgehead atoms. The number of anilines is 1. The number of carbonyl (C=O) groups excluding carboxylic acids is 1. The number of hydrogen-bond donors (Lipinski definition) is 1. The molecule has 1 heterocycles. The molecule has 1 aromatic carbocycles. The van der Waals surface area contributed by atoms with Crippen LogP contribution in [0.4, 0.5) is 5.82 Å². The number of pyridine rings is 1. The average Bonchev–Trinajstić information content (AvgIpc) is 2.39. The van der Waals surface area contributed by atoms with Gasteiger partial charge in [-0.15, -0.1) is 0 Å². The van der Waals surface area contributed by atoms with Crippen LogP contribution in [-0.2, 0) is 4.79 Å². The summed E-state index contributed by atoms with van der Waals surface area (Å²) in [7, 11) is 0. The zero-order valence-corrected chi connectivity index (χ0v) is 13.2. The average molecular weight is 321 g/mol. The van der Waals surface area contributed by atoms with E-state index in [2.05, 4.69) is 10.3 Å². The monoisotopic (exact) mass is 320 g/mol. The molecule has 0 saturated carbocycles. The minimum Gasteiger partial charge on any atom is -0.307 e. The van der Waals surface area contributed by atoms with Crippen molar-refractivity contribution in [1.82, 2.24) is 4.98 Å². The molecule has 0 aliphatic rings. The van der Waals surface area contributed by atoms with E-state index in [-0.39, 0.29) is 5.91 Å². The first kappa shape index (κ1) is 15.5. The zero-order chi connectivity index (χ0) is 15.4. The molecule has 108 valence electrons. The van der Waals surface area contributed by atoms with Crippen LogP contribution in [-0.4, -0.2) is 10.9 Å². The highest BCUT2D eigenvalue weighted by Crippen LogP contribution is 2.23. The number of nitrogens with one attached hydrogen (secondary N) is 1. The van der Waals surface area contributed by atoms with Crippen LogP contribution in [0.2, 0.25) is 10.0 Å². The summed E-state index contributed by atoms with van der Waals surface area (Å²) in [5, 5.41) is 3.66. The molecule has 0 atom stereocenters. The fourth-order valence-corrected chi connectivity index (χ4v) is 2.17. The Kier molecular flexibility index (Phi) is 4.99. The molecule has 0 saturated heterocycles. The van der Waals surface area contributed by atoms with E-state index in [1.165, 1.54) is 6.08 Å². The van der Waals surface area contributed by atoms with Gasteiger partial charge in [0, 0.05) is 11.8 Å². The normalized spacial score (nSPS) is 10.9. The molecule has 0 spiro atoms. The van der Waals surface area contributed by atoms with Crippen LogP contribution < -0.4 is 5.32 Å². The van der Waals surface area contributed by atoms with E-state index in [9.17, 15) is 4.79 Å². The lowest BCUT2D eigenvalue weighted by molar-refractivity contribution is -0.111. The minimum atomic E-state index is -0.251. The minimum absolute atomic E-state index is 0.251. The molecule has 3 nitrogen and oxygen atoms in total. The van der Waals surface area contributed by atoms with Gasteiger partial charge in [0.15, 0.2) is 0 Å². The summed E-state index contributed by atoms with van der Waals surface area (Å²) in [4.78, 5) is 16.1. The maximum Gasteiger partial charge on any atom is 0.249 e. The molecule has 0 fully saturated rings. The standard InChI is InChI=1S/C16H14Cl2N2O/c1-10-7-11(2)19-15(8-10)20-16(21)6-4-12-3-5-13(17)14(18)9-12/h3-9H,1-2H3,(H,19,20,21)/b6-4+. The van der Waals surface area contributed by atoms with Crippen LogP contribution in [0.15, 0.2) is 36.4 Å². The third-order valence-corrected chi connectivity index (χ3v) is 3.46. The molecule has 1 amide bonds. The van der Waals surface area contributed by atoms with E-state index in [1.54, 1.807) is 24.3 Å². The molecule has 21 heavy (non-hydrogen) atoms. The second kappa shape index (κ2) is 6.74. The Morgan fingerprint density at radius 2 is 1.90 bits per heavy atom. The van der Waals surface area contributed by atoms with E-state index in [4.69, 9.17) is 23.2 Å². The fraction of sp³-hybridized carbons (Fsp3) is 0.125. The maximum atomic E-state index is 11.9. The molecular formula is C16H14Cl2N2O. The zero-order valence-electron chi connectivity index (χ0n) is 11.7. The third-order valence-electron chi connectivity index (χ3n) is 2.72. The summed E-state index contributed by atoms with van der Waals surface area (Å²) in [6, 6.07) is 8.93. The van der Waals surface area contributed by atoms with Crippen molar-refractivity contribution in [3.8, 4) is 0 Å². The van der Waals surface area contributed by atoms with Gasteiger partial charge in [0.25, 0.3) is 0 Å². The Hall–Kier alpha value is -1.84. The van der Waals surface area contributed by atoms with Crippen LogP contribution >= 0.6 is 23.2 Å². The number of rotatable bonds is 3. The largest absolute Gasteiger partial charge is 0.307 e. The topological polar surface area (TPSA) is 42.0 Å². The van der Waals surface area contributed by atoms with E-state index < -0.39 is 0 Å². The highest BCUT2D eigenvalue weighted by Gasteiger charge is 2.02. The van der Waals surface area contributed by atoms with Gasteiger partial charge in [0.2, 0.25) is 5.91 Å². The number of aryl methyl sites for hydroxylation is 2. The van der Waals surface area contributed by atoms with Gasteiger partial charge in [-0.05, 0) is 55.3 Å². The first-order chi connectivity index (χ1) is 9.94. The third kappa shape index (κ3) is 4.59. The number of carbonyl (C=O) groups is 1. The lowest BCUT2D eigenvalue weighted by atomic mass is 10.2. The molecule has 2 aromatic rings. The maximum absolute atomic E-state index is 11.9. The Balaban J connectivity index is 2.07. The fourth-order valence-electron chi connectivity index (χ4n) is 1.86. The van der Waals surface area contributed by atoms with E-state index in [0.717, 1.165) is 16.8 Å². The Morgan fingerprint density at radius 1 is 1.14 bits per heavy atom. The van der Waals surface area contributed by atoms with Crippen molar-refractivity contribution in [3.05, 3.63) is 63.3 Å². The molecule has 0 unspecified atom stereocenters. The van der Waals surface area contributed by atoms with Crippen molar-refractivity contribution in [1.29, 1.82) is 0 Å². The summed E-state index contributed by atoms with van der Waals surface area (Å²) in [6.45, 7) is 3.84. The Bertz CT molecular complexity index is 691. The van der Waals surface area contributed by atoms with Gasteiger partial charge in [-0.25, -0.2) is 4.98 Å². The lowest BCUT2D eigenvalue weighted by Crippen LogP contribution is -2.09. The molecule has 1 aromatic heterocycles. The summed E-state index contributed by atoms with van der Waals surface area (Å²) in [5.74, 6) is 0.287. The van der Waals surface area contributed by atoms with Gasteiger partial charge in [0.05, 0.1) is 10.0 Å². The van der Waals surface area contributed by atoms with Crippen molar-refractivity contribution in [2.45, 2.75) is 13.8 Å². The Labute approximate surface area is 133 Å². The number of halogens is 2. The summed E-state index contributed by atoms with van der Waals surface area (Å²) < 4.78 is 0. The number of nitrogens with zero attached hydrogens (tertiary/aromatic N) is 1. The van der Waals surface area contributed by atoms with Crippen molar-refractivity contribution < 1.29 is 4.79 Å². The molecule has 5 heteroatoms. The van der Waals surface area contributed by atoms with Crippen molar-refractivity contribution in [3.63, 3.8) is 0 Å². The molecule has 2 rings (SSSR count). The summed E-state index contributed by atoms with van der Waals surface area (Å²) >= 11 is 11.8. The van der Waals surface area contributed by atoms with Gasteiger partial charge < -0.3 is 5.32 Å². The van der Waals surface area contributed by atoms with Gasteiger partial charge in [-0.3, -0.25) is 4.79 Å². The van der Waals surface area contributed by atoms with E-state index >= 15 is 0 Å². The number of hydrogen-bond acceptors (Lipinski definition) is 2. The molecule has 1 N–H and O–H groups in total. The van der Waals surface area contributed by atoms with Gasteiger partial charge in [0.1, 0.15) is 5.82 Å².